The Labute approximate surface area is 173 Å². The van der Waals surface area contributed by atoms with Crippen LogP contribution < -0.4 is 5.32 Å². The van der Waals surface area contributed by atoms with Crippen molar-refractivity contribution in [2.45, 2.75) is 25.7 Å². The summed E-state index contributed by atoms with van der Waals surface area (Å²) >= 11 is 0. The zero-order chi connectivity index (χ0) is 17.5. The molecule has 1 fully saturated rings. The summed E-state index contributed by atoms with van der Waals surface area (Å²) in [6, 6.07) is 10.5. The van der Waals surface area contributed by atoms with Crippen LogP contribution in [0.2, 0.25) is 0 Å². The number of nitrogens with zero attached hydrogens (tertiary/aromatic N) is 3. The van der Waals surface area contributed by atoms with E-state index in [0.717, 1.165) is 51.4 Å². The molecule has 1 aromatic rings. The van der Waals surface area contributed by atoms with Gasteiger partial charge in [-0.05, 0) is 36.8 Å². The molecular formula is C20H29IN4O. The van der Waals surface area contributed by atoms with Crippen molar-refractivity contribution in [2.75, 3.05) is 39.8 Å². The third-order valence-corrected chi connectivity index (χ3v) is 4.97. The van der Waals surface area contributed by atoms with Gasteiger partial charge < -0.3 is 15.1 Å². The van der Waals surface area contributed by atoms with Crippen LogP contribution in [-0.4, -0.2) is 61.4 Å². The molecule has 0 spiro atoms. The molecular weight excluding hydrogens is 439 g/mol. The molecule has 2 aliphatic rings. The summed E-state index contributed by atoms with van der Waals surface area (Å²) in [7, 11) is 1.78. The number of hydrogen-bond acceptors (Lipinski definition) is 2. The summed E-state index contributed by atoms with van der Waals surface area (Å²) in [6.45, 7) is 3.86. The molecule has 3 rings (SSSR count). The molecule has 5 nitrogen and oxygen atoms in total. The van der Waals surface area contributed by atoms with Gasteiger partial charge in [-0.1, -0.05) is 36.4 Å². The van der Waals surface area contributed by atoms with Crippen LogP contribution >= 0.6 is 24.0 Å². The van der Waals surface area contributed by atoms with Crippen LogP contribution in [0.4, 0.5) is 0 Å². The second-order valence-electron chi connectivity index (χ2n) is 6.63. The fourth-order valence-corrected chi connectivity index (χ4v) is 3.52. The van der Waals surface area contributed by atoms with E-state index in [-0.39, 0.29) is 29.9 Å². The van der Waals surface area contributed by atoms with Gasteiger partial charge in [-0.2, -0.15) is 0 Å². The van der Waals surface area contributed by atoms with Crippen molar-refractivity contribution >= 4 is 41.4 Å². The summed E-state index contributed by atoms with van der Waals surface area (Å²) in [4.78, 5) is 20.8. The standard InChI is InChI=1S/C20H28N4O.HI/c1-21-20(22-16-19(25)23-12-6-3-7-13-23)24-14-10-18(11-15-24)17-8-4-2-5-9-17;/h2,4-5,8-10H,3,6-7,11-16H2,1H3,(H,21,22);1H. The molecule has 0 saturated carbocycles. The second-order valence-corrected chi connectivity index (χ2v) is 6.63. The van der Waals surface area contributed by atoms with Gasteiger partial charge in [0.05, 0.1) is 6.54 Å². The Bertz CT molecular complexity index is 638. The lowest BCUT2D eigenvalue weighted by Crippen LogP contribution is -2.48. The quantitative estimate of drug-likeness (QED) is 0.422. The van der Waals surface area contributed by atoms with E-state index in [9.17, 15) is 4.79 Å². The van der Waals surface area contributed by atoms with Gasteiger partial charge >= 0.3 is 0 Å². The minimum atomic E-state index is 0. The lowest BCUT2D eigenvalue weighted by atomic mass is 10.00. The molecule has 6 heteroatoms. The van der Waals surface area contributed by atoms with E-state index < -0.39 is 0 Å². The zero-order valence-electron chi connectivity index (χ0n) is 15.5. The molecule has 1 aromatic carbocycles. The van der Waals surface area contributed by atoms with Crippen molar-refractivity contribution in [3.05, 3.63) is 42.0 Å². The maximum absolute atomic E-state index is 12.3. The molecule has 1 N–H and O–H groups in total. The van der Waals surface area contributed by atoms with Crippen LogP contribution in [0.1, 0.15) is 31.2 Å². The maximum atomic E-state index is 12.3. The number of nitrogens with one attached hydrogen (secondary N) is 1. The minimum Gasteiger partial charge on any atom is -0.347 e. The first-order valence-electron chi connectivity index (χ1n) is 9.26. The molecule has 26 heavy (non-hydrogen) atoms. The van der Waals surface area contributed by atoms with Crippen LogP contribution in [0.3, 0.4) is 0 Å². The van der Waals surface area contributed by atoms with E-state index in [4.69, 9.17) is 0 Å². The van der Waals surface area contributed by atoms with E-state index in [1.165, 1.54) is 17.6 Å². The molecule has 1 saturated heterocycles. The first-order chi connectivity index (χ1) is 12.3. The fraction of sp³-hybridized carbons (Fsp3) is 0.500. The van der Waals surface area contributed by atoms with Crippen molar-refractivity contribution in [3.63, 3.8) is 0 Å². The van der Waals surface area contributed by atoms with Gasteiger partial charge in [0.25, 0.3) is 0 Å². The number of hydrogen-bond donors (Lipinski definition) is 1. The summed E-state index contributed by atoms with van der Waals surface area (Å²) in [5.74, 6) is 0.993. The third-order valence-electron chi connectivity index (χ3n) is 4.97. The number of aliphatic imine (C=N–C) groups is 1. The minimum absolute atomic E-state index is 0. The highest BCUT2D eigenvalue weighted by atomic mass is 127. The Morgan fingerprint density at radius 2 is 1.81 bits per heavy atom. The first-order valence-corrected chi connectivity index (χ1v) is 9.26. The van der Waals surface area contributed by atoms with Crippen LogP contribution in [0.5, 0.6) is 0 Å². The highest BCUT2D eigenvalue weighted by Crippen LogP contribution is 2.21. The Hall–Kier alpha value is -1.57. The number of piperidine rings is 1. The van der Waals surface area contributed by atoms with E-state index >= 15 is 0 Å². The van der Waals surface area contributed by atoms with Crippen molar-refractivity contribution in [2.24, 2.45) is 4.99 Å². The molecule has 2 heterocycles. The highest BCUT2D eigenvalue weighted by molar-refractivity contribution is 14.0. The van der Waals surface area contributed by atoms with Crippen molar-refractivity contribution in [3.8, 4) is 0 Å². The lowest BCUT2D eigenvalue weighted by molar-refractivity contribution is -0.130. The Balaban J connectivity index is 0.00000243. The van der Waals surface area contributed by atoms with E-state index in [2.05, 4.69) is 45.6 Å². The molecule has 0 atom stereocenters. The summed E-state index contributed by atoms with van der Waals surface area (Å²) in [5, 5.41) is 3.25. The van der Waals surface area contributed by atoms with Crippen LogP contribution in [-0.2, 0) is 4.79 Å². The number of likely N-dealkylation sites (tertiary alicyclic amines) is 1. The second kappa shape index (κ2) is 10.5. The summed E-state index contributed by atoms with van der Waals surface area (Å²) < 4.78 is 0. The largest absolute Gasteiger partial charge is 0.347 e. The monoisotopic (exact) mass is 468 g/mol. The van der Waals surface area contributed by atoms with Gasteiger partial charge in [0.2, 0.25) is 5.91 Å². The smallest absolute Gasteiger partial charge is 0.241 e. The SMILES string of the molecule is CN=C(NCC(=O)N1CCCCC1)N1CC=C(c2ccccc2)CC1.I. The van der Waals surface area contributed by atoms with Gasteiger partial charge in [-0.15, -0.1) is 24.0 Å². The highest BCUT2D eigenvalue weighted by Gasteiger charge is 2.19. The van der Waals surface area contributed by atoms with Crippen LogP contribution in [0, 0.1) is 0 Å². The van der Waals surface area contributed by atoms with E-state index in [1.54, 1.807) is 7.05 Å². The summed E-state index contributed by atoms with van der Waals surface area (Å²) in [5.41, 5.74) is 2.68. The number of benzene rings is 1. The van der Waals surface area contributed by atoms with E-state index in [1.807, 2.05) is 11.0 Å². The number of amides is 1. The Kier molecular flexibility index (Phi) is 8.41. The zero-order valence-corrected chi connectivity index (χ0v) is 17.8. The predicted octanol–water partition coefficient (Wildman–Crippen LogP) is 2.98. The fourth-order valence-electron chi connectivity index (χ4n) is 3.52. The molecule has 0 radical (unpaired) electrons. The normalized spacial score (nSPS) is 18.0. The Morgan fingerprint density at radius 3 is 2.42 bits per heavy atom. The molecule has 142 valence electrons. The predicted molar refractivity (Wildman–Crippen MR) is 118 cm³/mol. The number of halogens is 1. The Morgan fingerprint density at radius 1 is 1.08 bits per heavy atom. The van der Waals surface area contributed by atoms with Gasteiger partial charge in [0.1, 0.15) is 0 Å². The van der Waals surface area contributed by atoms with Crippen molar-refractivity contribution in [1.82, 2.24) is 15.1 Å². The lowest BCUT2D eigenvalue weighted by Gasteiger charge is -2.31. The first kappa shape index (κ1) is 20.7. The van der Waals surface area contributed by atoms with Crippen LogP contribution in [0.15, 0.2) is 41.4 Å². The third kappa shape index (κ3) is 5.46. The summed E-state index contributed by atoms with van der Waals surface area (Å²) in [6.07, 6.45) is 6.74. The average molecular weight is 468 g/mol. The van der Waals surface area contributed by atoms with Crippen molar-refractivity contribution < 1.29 is 4.79 Å². The molecule has 2 aliphatic heterocycles. The molecule has 1 amide bonds. The van der Waals surface area contributed by atoms with Gasteiger partial charge in [-0.25, -0.2) is 0 Å². The van der Waals surface area contributed by atoms with Crippen LogP contribution in [0.25, 0.3) is 5.57 Å². The van der Waals surface area contributed by atoms with Gasteiger partial charge in [0, 0.05) is 33.2 Å². The average Bonchev–Trinajstić information content (AvgIpc) is 2.70. The van der Waals surface area contributed by atoms with Gasteiger partial charge in [-0.3, -0.25) is 9.79 Å². The number of carbonyl (C=O) groups is 1. The number of rotatable bonds is 3. The molecule has 0 unspecified atom stereocenters. The molecule has 0 aliphatic carbocycles. The van der Waals surface area contributed by atoms with Crippen molar-refractivity contribution in [1.29, 1.82) is 0 Å². The number of carbonyl (C=O) groups excluding carboxylic acids is 1. The molecule has 0 bridgehead atoms. The molecule has 0 aromatic heterocycles. The number of guanidine groups is 1. The topological polar surface area (TPSA) is 47.9 Å². The van der Waals surface area contributed by atoms with E-state index in [0.29, 0.717) is 6.54 Å². The van der Waals surface area contributed by atoms with Gasteiger partial charge in [0.15, 0.2) is 5.96 Å². The maximum Gasteiger partial charge on any atom is 0.241 e.